The number of piperazine rings is 1. The van der Waals surface area contributed by atoms with Gasteiger partial charge in [-0.05, 0) is 32.4 Å². The topological polar surface area (TPSA) is 35.6 Å². The van der Waals surface area contributed by atoms with Crippen molar-refractivity contribution in [2.24, 2.45) is 0 Å². The zero-order valence-electron chi connectivity index (χ0n) is 12.2. The fourth-order valence-electron chi connectivity index (χ4n) is 2.55. The third kappa shape index (κ3) is 8.81. The molecule has 1 aliphatic heterocycles. The average molecular weight is 381 g/mol. The molecule has 1 rings (SSSR count). The van der Waals surface area contributed by atoms with Crippen LogP contribution in [0.25, 0.3) is 0 Å². The summed E-state index contributed by atoms with van der Waals surface area (Å²) in [7, 11) is 0. The Kier molecular flexibility index (Phi) is 9.81. The molecule has 4 nitrogen and oxygen atoms in total. The number of unbranched alkanes of at least 4 members (excludes halogenated alkanes) is 3. The molecule has 0 aliphatic carbocycles. The number of carbonyl (C=O) groups excluding carboxylic acids is 1. The largest absolute Gasteiger partial charge is 0.348 e. The van der Waals surface area contributed by atoms with Crippen molar-refractivity contribution in [3.63, 3.8) is 0 Å². The van der Waals surface area contributed by atoms with E-state index in [9.17, 15) is 4.79 Å². The molecule has 0 atom stereocenters. The van der Waals surface area contributed by atoms with Crippen molar-refractivity contribution in [3.05, 3.63) is 0 Å². The van der Waals surface area contributed by atoms with Crippen molar-refractivity contribution in [3.8, 4) is 0 Å². The summed E-state index contributed by atoms with van der Waals surface area (Å²) in [6.07, 6.45) is 6.19. The van der Waals surface area contributed by atoms with Crippen LogP contribution in [0.5, 0.6) is 0 Å². The molecule has 112 valence electrons. The van der Waals surface area contributed by atoms with Crippen LogP contribution in [0.3, 0.4) is 0 Å². The predicted molar refractivity (Wildman–Crippen MR) is 89.1 cm³/mol. The van der Waals surface area contributed by atoms with Crippen LogP contribution >= 0.6 is 22.6 Å². The zero-order chi connectivity index (χ0) is 13.9. The smallest absolute Gasteiger partial charge is 0.280 e. The molecule has 0 aromatic rings. The molecule has 0 aromatic heterocycles. The minimum absolute atomic E-state index is 0.0579. The summed E-state index contributed by atoms with van der Waals surface area (Å²) in [5.41, 5.74) is 0. The molecule has 1 heterocycles. The molecule has 0 saturated carbocycles. The molecule has 5 heteroatoms. The lowest BCUT2D eigenvalue weighted by atomic mass is 10.2. The van der Waals surface area contributed by atoms with Gasteiger partial charge in [-0.1, -0.05) is 19.8 Å². The number of carbonyl (C=O) groups is 1. The number of nitrogens with zero attached hydrogens (tertiary/aromatic N) is 2. The maximum absolute atomic E-state index is 10.7. The van der Waals surface area contributed by atoms with Crippen molar-refractivity contribution in [1.82, 2.24) is 15.1 Å². The molecular formula is C14H28IN3O. The Balaban J connectivity index is 1.89. The van der Waals surface area contributed by atoms with Gasteiger partial charge >= 0.3 is 0 Å². The van der Waals surface area contributed by atoms with Crippen LogP contribution < -0.4 is 5.32 Å². The van der Waals surface area contributed by atoms with Crippen LogP contribution in [0.4, 0.5) is 4.79 Å². The maximum atomic E-state index is 10.7. The van der Waals surface area contributed by atoms with Crippen LogP contribution in [0.15, 0.2) is 0 Å². The second-order valence-electron chi connectivity index (χ2n) is 5.30. The van der Waals surface area contributed by atoms with Crippen molar-refractivity contribution < 1.29 is 4.79 Å². The molecule has 19 heavy (non-hydrogen) atoms. The standard InChI is InChI=1S/C14H28IN3O/c1-2-8-17-10-12-18(13-11-17)9-6-4-3-5-7-16-14(15)19/h2-13H2,1H3,(H,16,19). The predicted octanol–water partition coefficient (Wildman–Crippen LogP) is 2.72. The molecular weight excluding hydrogens is 353 g/mol. The SMILES string of the molecule is CCCN1CCN(CCCCCCNC(=O)I)CC1. The second-order valence-corrected chi connectivity index (χ2v) is 6.28. The Bertz CT molecular complexity index is 243. The summed E-state index contributed by atoms with van der Waals surface area (Å²) in [6.45, 7) is 10.6. The van der Waals surface area contributed by atoms with Gasteiger partial charge in [-0.15, -0.1) is 0 Å². The Morgan fingerprint density at radius 1 is 1.00 bits per heavy atom. The van der Waals surface area contributed by atoms with E-state index in [1.165, 1.54) is 65.0 Å². The first-order valence-corrected chi connectivity index (χ1v) is 8.68. The number of amides is 1. The number of hydrogen-bond donors (Lipinski definition) is 1. The zero-order valence-corrected chi connectivity index (χ0v) is 14.3. The van der Waals surface area contributed by atoms with E-state index < -0.39 is 0 Å². The average Bonchev–Trinajstić information content (AvgIpc) is 2.39. The van der Waals surface area contributed by atoms with Gasteiger partial charge in [0.05, 0.1) is 0 Å². The van der Waals surface area contributed by atoms with Crippen molar-refractivity contribution in [1.29, 1.82) is 0 Å². The highest BCUT2D eigenvalue weighted by molar-refractivity contribution is 14.1. The van der Waals surface area contributed by atoms with Gasteiger partial charge in [0.25, 0.3) is 3.91 Å². The van der Waals surface area contributed by atoms with Gasteiger partial charge in [0.1, 0.15) is 0 Å². The molecule has 0 radical (unpaired) electrons. The van der Waals surface area contributed by atoms with Crippen molar-refractivity contribution in [2.75, 3.05) is 45.8 Å². The van der Waals surface area contributed by atoms with E-state index in [0.717, 1.165) is 13.0 Å². The molecule has 1 N–H and O–H groups in total. The first-order valence-electron chi connectivity index (χ1n) is 7.60. The molecule has 1 fully saturated rings. The normalized spacial score (nSPS) is 17.6. The molecule has 1 saturated heterocycles. The van der Waals surface area contributed by atoms with Crippen molar-refractivity contribution in [2.45, 2.75) is 39.0 Å². The monoisotopic (exact) mass is 381 g/mol. The first-order chi connectivity index (χ1) is 9.22. The lowest BCUT2D eigenvalue weighted by Crippen LogP contribution is -2.46. The summed E-state index contributed by atoms with van der Waals surface area (Å²) in [6, 6.07) is 0. The highest BCUT2D eigenvalue weighted by Gasteiger charge is 2.14. The van der Waals surface area contributed by atoms with Crippen molar-refractivity contribution >= 4 is 26.5 Å². The van der Waals surface area contributed by atoms with Gasteiger partial charge in [0, 0.05) is 55.3 Å². The quantitative estimate of drug-likeness (QED) is 0.289. The molecule has 0 unspecified atom stereocenters. The Hall–Kier alpha value is 0.120. The third-order valence-electron chi connectivity index (χ3n) is 3.67. The second kappa shape index (κ2) is 10.9. The number of hydrogen-bond acceptors (Lipinski definition) is 3. The van der Waals surface area contributed by atoms with Crippen LogP contribution in [-0.4, -0.2) is 59.5 Å². The van der Waals surface area contributed by atoms with E-state index in [4.69, 9.17) is 0 Å². The molecule has 1 aliphatic rings. The highest BCUT2D eigenvalue weighted by Crippen LogP contribution is 2.06. The lowest BCUT2D eigenvalue weighted by Gasteiger charge is -2.34. The molecule has 0 spiro atoms. The fraction of sp³-hybridized carbons (Fsp3) is 0.929. The lowest BCUT2D eigenvalue weighted by molar-refractivity contribution is 0.131. The van der Waals surface area contributed by atoms with E-state index in [0.29, 0.717) is 0 Å². The van der Waals surface area contributed by atoms with Crippen LogP contribution in [0.2, 0.25) is 0 Å². The Morgan fingerprint density at radius 2 is 1.58 bits per heavy atom. The van der Waals surface area contributed by atoms with E-state index >= 15 is 0 Å². The summed E-state index contributed by atoms with van der Waals surface area (Å²) in [4.78, 5) is 15.8. The van der Waals surface area contributed by atoms with E-state index in [1.807, 2.05) is 0 Å². The van der Waals surface area contributed by atoms with Gasteiger partial charge in [0.2, 0.25) is 0 Å². The van der Waals surface area contributed by atoms with Crippen LogP contribution in [0, 0.1) is 0 Å². The summed E-state index contributed by atoms with van der Waals surface area (Å²) >= 11 is 1.79. The molecule has 0 bridgehead atoms. The van der Waals surface area contributed by atoms with Gasteiger partial charge in [0.15, 0.2) is 0 Å². The summed E-state index contributed by atoms with van der Waals surface area (Å²) in [5, 5.41) is 2.83. The number of halogens is 1. The number of nitrogens with one attached hydrogen (secondary N) is 1. The van der Waals surface area contributed by atoms with E-state index in [1.54, 1.807) is 22.6 Å². The highest BCUT2D eigenvalue weighted by atomic mass is 127. The van der Waals surface area contributed by atoms with E-state index in [2.05, 4.69) is 22.0 Å². The summed E-state index contributed by atoms with van der Waals surface area (Å²) in [5.74, 6) is 0. The first kappa shape index (κ1) is 17.2. The van der Waals surface area contributed by atoms with Gasteiger partial charge in [-0.25, -0.2) is 0 Å². The fourth-order valence-corrected chi connectivity index (χ4v) is 2.82. The van der Waals surface area contributed by atoms with Crippen LogP contribution in [0.1, 0.15) is 39.0 Å². The van der Waals surface area contributed by atoms with Gasteiger partial charge in [-0.3, -0.25) is 4.79 Å². The maximum Gasteiger partial charge on any atom is 0.280 e. The Labute approximate surface area is 131 Å². The van der Waals surface area contributed by atoms with Crippen LogP contribution in [-0.2, 0) is 0 Å². The number of rotatable bonds is 9. The van der Waals surface area contributed by atoms with Gasteiger partial charge in [-0.2, -0.15) is 0 Å². The minimum Gasteiger partial charge on any atom is -0.348 e. The molecule has 1 amide bonds. The minimum atomic E-state index is 0.0579. The van der Waals surface area contributed by atoms with Gasteiger partial charge < -0.3 is 15.1 Å². The summed E-state index contributed by atoms with van der Waals surface area (Å²) < 4.78 is 0.0579. The van der Waals surface area contributed by atoms with E-state index in [-0.39, 0.29) is 3.91 Å². The third-order valence-corrected chi connectivity index (χ3v) is 4.05. The molecule has 0 aromatic carbocycles. The Morgan fingerprint density at radius 3 is 2.16 bits per heavy atom.